The van der Waals surface area contributed by atoms with Crippen LogP contribution >= 0.6 is 11.6 Å². The Hall–Kier alpha value is -2.02. The number of halogens is 4. The van der Waals surface area contributed by atoms with Crippen molar-refractivity contribution in [2.24, 2.45) is 0 Å². The number of anilines is 3. The number of hydrogen-bond donors (Lipinski definition) is 2. The van der Waals surface area contributed by atoms with Crippen LogP contribution in [0.15, 0.2) is 30.3 Å². The van der Waals surface area contributed by atoms with Crippen molar-refractivity contribution in [2.45, 2.75) is 26.1 Å². The second kappa shape index (κ2) is 6.39. The van der Waals surface area contributed by atoms with Crippen molar-refractivity contribution in [1.82, 2.24) is 9.97 Å². The maximum Gasteiger partial charge on any atom is 0.433 e. The molecule has 1 aromatic carbocycles. The van der Waals surface area contributed by atoms with Gasteiger partial charge in [0.15, 0.2) is 5.69 Å². The predicted molar refractivity (Wildman–Crippen MR) is 80.5 cm³/mol. The van der Waals surface area contributed by atoms with Crippen LogP contribution < -0.4 is 10.6 Å². The summed E-state index contributed by atoms with van der Waals surface area (Å²) in [5, 5.41) is 6.03. The molecule has 0 aliphatic rings. The molecule has 0 saturated carbocycles. The van der Waals surface area contributed by atoms with Gasteiger partial charge in [-0.1, -0.05) is 17.7 Å². The first-order valence-corrected chi connectivity index (χ1v) is 6.87. The molecule has 118 valence electrons. The van der Waals surface area contributed by atoms with Gasteiger partial charge >= 0.3 is 6.18 Å². The van der Waals surface area contributed by atoms with Gasteiger partial charge in [0.05, 0.1) is 0 Å². The van der Waals surface area contributed by atoms with Crippen LogP contribution in [0.4, 0.5) is 30.6 Å². The van der Waals surface area contributed by atoms with E-state index in [0.717, 1.165) is 6.07 Å². The Bertz CT molecular complexity index is 659. The summed E-state index contributed by atoms with van der Waals surface area (Å²) in [6.45, 7) is 3.57. The minimum atomic E-state index is -4.55. The topological polar surface area (TPSA) is 49.8 Å². The summed E-state index contributed by atoms with van der Waals surface area (Å²) in [5.41, 5.74) is -0.481. The zero-order chi connectivity index (χ0) is 16.3. The van der Waals surface area contributed by atoms with Crippen LogP contribution in [0.2, 0.25) is 5.02 Å². The lowest BCUT2D eigenvalue weighted by Crippen LogP contribution is -2.17. The van der Waals surface area contributed by atoms with Crippen LogP contribution in [0.3, 0.4) is 0 Å². The number of aromatic nitrogens is 2. The van der Waals surface area contributed by atoms with E-state index in [1.165, 1.54) is 0 Å². The van der Waals surface area contributed by atoms with Gasteiger partial charge in [-0.25, -0.2) is 4.98 Å². The largest absolute Gasteiger partial charge is 0.433 e. The van der Waals surface area contributed by atoms with Gasteiger partial charge in [0.2, 0.25) is 5.95 Å². The fraction of sp³-hybridized carbons (Fsp3) is 0.286. The molecule has 0 radical (unpaired) electrons. The highest BCUT2D eigenvalue weighted by Crippen LogP contribution is 2.30. The van der Waals surface area contributed by atoms with E-state index in [9.17, 15) is 13.2 Å². The molecule has 0 bridgehead atoms. The van der Waals surface area contributed by atoms with E-state index >= 15 is 0 Å². The van der Waals surface area contributed by atoms with E-state index in [-0.39, 0.29) is 17.8 Å². The van der Waals surface area contributed by atoms with Gasteiger partial charge in [-0.2, -0.15) is 18.2 Å². The molecule has 0 spiro atoms. The van der Waals surface area contributed by atoms with E-state index in [1.54, 1.807) is 38.1 Å². The summed E-state index contributed by atoms with van der Waals surface area (Å²) in [6.07, 6.45) is -4.55. The molecule has 2 N–H and O–H groups in total. The Morgan fingerprint density at radius 1 is 1.14 bits per heavy atom. The monoisotopic (exact) mass is 330 g/mol. The number of hydrogen-bond acceptors (Lipinski definition) is 4. The normalized spacial score (nSPS) is 11.6. The van der Waals surface area contributed by atoms with Crippen LogP contribution in [-0.4, -0.2) is 16.0 Å². The van der Waals surface area contributed by atoms with Crippen molar-refractivity contribution < 1.29 is 13.2 Å². The molecular weight excluding hydrogens is 317 g/mol. The Morgan fingerprint density at radius 2 is 1.86 bits per heavy atom. The first-order valence-electron chi connectivity index (χ1n) is 6.49. The summed E-state index contributed by atoms with van der Waals surface area (Å²) in [5.74, 6) is -0.0536. The van der Waals surface area contributed by atoms with Crippen molar-refractivity contribution in [1.29, 1.82) is 0 Å². The Labute approximate surface area is 130 Å². The van der Waals surface area contributed by atoms with Gasteiger partial charge in [0.1, 0.15) is 5.82 Å². The lowest BCUT2D eigenvalue weighted by molar-refractivity contribution is -0.141. The molecule has 0 unspecified atom stereocenters. The number of benzene rings is 1. The molecular formula is C14H14ClF3N4. The minimum absolute atomic E-state index is 0.0349. The summed E-state index contributed by atoms with van der Waals surface area (Å²) in [6, 6.07) is 7.38. The first kappa shape index (κ1) is 16.4. The zero-order valence-corrected chi connectivity index (χ0v) is 12.6. The molecule has 8 heteroatoms. The van der Waals surface area contributed by atoms with Crippen molar-refractivity contribution in [3.05, 3.63) is 41.0 Å². The van der Waals surface area contributed by atoms with Crippen LogP contribution in [0, 0.1) is 0 Å². The molecule has 0 atom stereocenters. The predicted octanol–water partition coefficient (Wildman–Crippen LogP) is 4.71. The average Bonchev–Trinajstić information content (AvgIpc) is 2.36. The van der Waals surface area contributed by atoms with Crippen LogP contribution in [-0.2, 0) is 6.18 Å². The lowest BCUT2D eigenvalue weighted by atomic mass is 10.3. The van der Waals surface area contributed by atoms with E-state index < -0.39 is 11.9 Å². The SMILES string of the molecule is CC(C)Nc1nc(Nc2cccc(Cl)c2)cc(C(F)(F)F)n1. The van der Waals surface area contributed by atoms with Crippen molar-refractivity contribution in [2.75, 3.05) is 10.6 Å². The van der Waals surface area contributed by atoms with Gasteiger partial charge in [-0.05, 0) is 32.0 Å². The third-order valence-corrected chi connectivity index (χ3v) is 2.77. The number of nitrogens with one attached hydrogen (secondary N) is 2. The number of alkyl halides is 3. The maximum absolute atomic E-state index is 12.9. The second-order valence-electron chi connectivity index (χ2n) is 4.89. The van der Waals surface area contributed by atoms with E-state index in [2.05, 4.69) is 20.6 Å². The van der Waals surface area contributed by atoms with Gasteiger partial charge in [-0.3, -0.25) is 0 Å². The number of nitrogens with zero attached hydrogens (tertiary/aromatic N) is 2. The highest BCUT2D eigenvalue weighted by atomic mass is 35.5. The van der Waals surface area contributed by atoms with Gasteiger partial charge in [0, 0.05) is 22.8 Å². The molecule has 0 saturated heterocycles. The third-order valence-electron chi connectivity index (χ3n) is 2.53. The summed E-state index contributed by atoms with van der Waals surface area (Å²) < 4.78 is 38.8. The molecule has 0 aliphatic heterocycles. The van der Waals surface area contributed by atoms with Gasteiger partial charge in [0.25, 0.3) is 0 Å². The Kier molecular flexibility index (Phi) is 4.75. The molecule has 2 aromatic rings. The molecule has 4 nitrogen and oxygen atoms in total. The van der Waals surface area contributed by atoms with Crippen LogP contribution in [0.5, 0.6) is 0 Å². The first-order chi connectivity index (χ1) is 10.2. The Morgan fingerprint density at radius 3 is 2.45 bits per heavy atom. The maximum atomic E-state index is 12.9. The Balaban J connectivity index is 2.37. The van der Waals surface area contributed by atoms with Crippen LogP contribution in [0.25, 0.3) is 0 Å². The molecule has 0 fully saturated rings. The summed E-state index contributed by atoms with van der Waals surface area (Å²) >= 11 is 5.85. The summed E-state index contributed by atoms with van der Waals surface area (Å²) in [4.78, 5) is 7.53. The van der Waals surface area contributed by atoms with Gasteiger partial charge in [-0.15, -0.1) is 0 Å². The molecule has 22 heavy (non-hydrogen) atoms. The van der Waals surface area contributed by atoms with E-state index in [0.29, 0.717) is 10.7 Å². The molecule has 2 rings (SSSR count). The lowest BCUT2D eigenvalue weighted by Gasteiger charge is -2.14. The molecule has 1 heterocycles. The van der Waals surface area contributed by atoms with Crippen molar-refractivity contribution in [3.8, 4) is 0 Å². The average molecular weight is 331 g/mol. The highest BCUT2D eigenvalue weighted by molar-refractivity contribution is 6.30. The van der Waals surface area contributed by atoms with Crippen LogP contribution in [0.1, 0.15) is 19.5 Å². The molecule has 0 amide bonds. The van der Waals surface area contributed by atoms with Gasteiger partial charge < -0.3 is 10.6 Å². The molecule has 1 aromatic heterocycles. The fourth-order valence-electron chi connectivity index (χ4n) is 1.69. The minimum Gasteiger partial charge on any atom is -0.352 e. The fourth-order valence-corrected chi connectivity index (χ4v) is 1.88. The zero-order valence-electron chi connectivity index (χ0n) is 11.9. The smallest absolute Gasteiger partial charge is 0.352 e. The van der Waals surface area contributed by atoms with Crippen molar-refractivity contribution >= 4 is 29.1 Å². The quantitative estimate of drug-likeness (QED) is 0.852. The summed E-state index contributed by atoms with van der Waals surface area (Å²) in [7, 11) is 0. The third kappa shape index (κ3) is 4.49. The second-order valence-corrected chi connectivity index (χ2v) is 5.33. The van der Waals surface area contributed by atoms with E-state index in [1.807, 2.05) is 0 Å². The number of rotatable bonds is 4. The van der Waals surface area contributed by atoms with E-state index in [4.69, 9.17) is 11.6 Å². The molecule has 0 aliphatic carbocycles. The highest BCUT2D eigenvalue weighted by Gasteiger charge is 2.33. The van der Waals surface area contributed by atoms with Crippen molar-refractivity contribution in [3.63, 3.8) is 0 Å². The standard InChI is InChI=1S/C14H14ClF3N4/c1-8(2)19-13-21-11(14(16,17)18)7-12(22-13)20-10-5-3-4-9(15)6-10/h3-8H,1-2H3,(H2,19,20,21,22).